The normalized spacial score (nSPS) is 10.3. The predicted molar refractivity (Wildman–Crippen MR) is 100 cm³/mol. The molecule has 0 bridgehead atoms. The summed E-state index contributed by atoms with van der Waals surface area (Å²) in [5.74, 6) is 0.388. The molecule has 3 rings (SSSR count). The van der Waals surface area contributed by atoms with Gasteiger partial charge in [0, 0.05) is 11.1 Å². The second-order valence-electron chi connectivity index (χ2n) is 6.01. The lowest BCUT2D eigenvalue weighted by atomic mass is 9.98. The summed E-state index contributed by atoms with van der Waals surface area (Å²) >= 11 is 0. The number of ether oxygens (including phenoxy) is 1. The van der Waals surface area contributed by atoms with Crippen molar-refractivity contribution in [2.45, 2.75) is 20.8 Å². The third kappa shape index (κ3) is 3.54. The monoisotopic (exact) mass is 328 g/mol. The molecule has 0 aliphatic rings. The molecule has 0 aliphatic carbocycles. The van der Waals surface area contributed by atoms with Gasteiger partial charge in [0.2, 0.25) is 5.88 Å². The number of hydrogen-bond donors (Lipinski definition) is 0. The average molecular weight is 328 g/mol. The van der Waals surface area contributed by atoms with Gasteiger partial charge in [0.25, 0.3) is 0 Å². The van der Waals surface area contributed by atoms with Crippen molar-refractivity contribution < 1.29 is 4.74 Å². The lowest BCUT2D eigenvalue weighted by Gasteiger charge is -2.13. The van der Waals surface area contributed by atoms with Gasteiger partial charge in [-0.3, -0.25) is 0 Å². The van der Waals surface area contributed by atoms with E-state index in [1.54, 1.807) is 0 Å². The lowest BCUT2D eigenvalue weighted by Crippen LogP contribution is -2.01. The third-order valence-electron chi connectivity index (χ3n) is 4.09. The molecule has 1 aromatic heterocycles. The van der Waals surface area contributed by atoms with E-state index < -0.39 is 0 Å². The number of pyridine rings is 1. The van der Waals surface area contributed by atoms with Gasteiger partial charge in [-0.25, -0.2) is 4.98 Å². The predicted octanol–water partition coefficient (Wildman–Crippen LogP) is 5.30. The quantitative estimate of drug-likeness (QED) is 0.652. The minimum Gasteiger partial charge on any atom is -0.477 e. The first-order chi connectivity index (χ1) is 12.1. The van der Waals surface area contributed by atoms with E-state index in [-0.39, 0.29) is 0 Å². The van der Waals surface area contributed by atoms with Crippen molar-refractivity contribution in [2.24, 2.45) is 0 Å². The Hall–Kier alpha value is -3.12. The molecule has 25 heavy (non-hydrogen) atoms. The molecule has 0 spiro atoms. The Morgan fingerprint density at radius 2 is 1.48 bits per heavy atom. The molecular formula is C22H20N2O. The van der Waals surface area contributed by atoms with Gasteiger partial charge < -0.3 is 4.74 Å². The van der Waals surface area contributed by atoms with Crippen molar-refractivity contribution in [2.75, 3.05) is 6.61 Å². The first-order valence-corrected chi connectivity index (χ1v) is 8.34. The van der Waals surface area contributed by atoms with E-state index in [1.807, 2.05) is 56.3 Å². The first kappa shape index (κ1) is 16.7. The molecule has 0 aliphatic heterocycles. The van der Waals surface area contributed by atoms with Gasteiger partial charge in [0.05, 0.1) is 12.3 Å². The minimum atomic E-state index is 0.388. The summed E-state index contributed by atoms with van der Waals surface area (Å²) in [6.45, 7) is 6.46. The number of aryl methyl sites for hydroxylation is 2. The molecule has 0 N–H and O–H groups in total. The number of nitriles is 1. The Kier molecular flexibility index (Phi) is 4.81. The summed E-state index contributed by atoms with van der Waals surface area (Å²) in [6.07, 6.45) is 0. The van der Waals surface area contributed by atoms with Gasteiger partial charge in [0.1, 0.15) is 11.6 Å². The Balaban J connectivity index is 2.22. The molecule has 0 atom stereocenters. The SMILES string of the molecule is CCOc1nc(-c2ccc(C)cc2)cc(-c2ccc(C)cc2)c1C#N. The van der Waals surface area contributed by atoms with Crippen LogP contribution < -0.4 is 4.74 Å². The lowest BCUT2D eigenvalue weighted by molar-refractivity contribution is 0.326. The number of nitrogens with zero attached hydrogens (tertiary/aromatic N) is 2. The van der Waals surface area contributed by atoms with E-state index in [2.05, 4.69) is 30.1 Å². The molecule has 0 saturated carbocycles. The molecule has 2 aromatic carbocycles. The third-order valence-corrected chi connectivity index (χ3v) is 4.09. The fourth-order valence-electron chi connectivity index (χ4n) is 2.70. The van der Waals surface area contributed by atoms with Gasteiger partial charge in [0.15, 0.2) is 0 Å². The number of aromatic nitrogens is 1. The smallest absolute Gasteiger partial charge is 0.232 e. The maximum absolute atomic E-state index is 9.67. The van der Waals surface area contributed by atoms with Gasteiger partial charge >= 0.3 is 0 Å². The van der Waals surface area contributed by atoms with Crippen molar-refractivity contribution in [1.29, 1.82) is 5.26 Å². The Labute approximate surface area is 148 Å². The summed E-state index contributed by atoms with van der Waals surface area (Å²) in [5, 5.41) is 9.67. The molecule has 0 saturated heterocycles. The molecule has 1 heterocycles. The molecule has 0 amide bonds. The summed E-state index contributed by atoms with van der Waals surface area (Å²) in [7, 11) is 0. The van der Waals surface area contributed by atoms with E-state index >= 15 is 0 Å². The Morgan fingerprint density at radius 1 is 0.920 bits per heavy atom. The Bertz CT molecular complexity index is 920. The number of hydrogen-bond acceptors (Lipinski definition) is 3. The van der Waals surface area contributed by atoms with Crippen molar-refractivity contribution in [3.8, 4) is 34.3 Å². The molecule has 0 fully saturated rings. The van der Waals surface area contributed by atoms with Crippen LogP contribution >= 0.6 is 0 Å². The van der Waals surface area contributed by atoms with Crippen molar-refractivity contribution >= 4 is 0 Å². The van der Waals surface area contributed by atoms with Gasteiger partial charge in [-0.2, -0.15) is 5.26 Å². The molecule has 0 radical (unpaired) electrons. The zero-order chi connectivity index (χ0) is 17.8. The van der Waals surface area contributed by atoms with Crippen LogP contribution in [0.5, 0.6) is 5.88 Å². The van der Waals surface area contributed by atoms with Gasteiger partial charge in [-0.15, -0.1) is 0 Å². The van der Waals surface area contributed by atoms with Crippen LogP contribution in [0.15, 0.2) is 54.6 Å². The largest absolute Gasteiger partial charge is 0.477 e. The van der Waals surface area contributed by atoms with Crippen molar-refractivity contribution in [3.63, 3.8) is 0 Å². The van der Waals surface area contributed by atoms with Crippen LogP contribution in [0, 0.1) is 25.2 Å². The minimum absolute atomic E-state index is 0.388. The fraction of sp³-hybridized carbons (Fsp3) is 0.182. The molecule has 0 unspecified atom stereocenters. The fourth-order valence-corrected chi connectivity index (χ4v) is 2.70. The highest BCUT2D eigenvalue weighted by molar-refractivity contribution is 5.78. The van der Waals surface area contributed by atoms with E-state index in [1.165, 1.54) is 11.1 Å². The average Bonchev–Trinajstić information content (AvgIpc) is 2.62. The van der Waals surface area contributed by atoms with Crippen molar-refractivity contribution in [1.82, 2.24) is 4.98 Å². The van der Waals surface area contributed by atoms with E-state index in [4.69, 9.17) is 4.74 Å². The van der Waals surface area contributed by atoms with Gasteiger partial charge in [-0.05, 0) is 32.4 Å². The maximum Gasteiger partial charge on any atom is 0.232 e. The first-order valence-electron chi connectivity index (χ1n) is 8.34. The maximum atomic E-state index is 9.67. The van der Waals surface area contributed by atoms with E-state index in [0.29, 0.717) is 18.1 Å². The molecule has 3 aromatic rings. The molecule has 124 valence electrons. The highest BCUT2D eigenvalue weighted by Gasteiger charge is 2.16. The second kappa shape index (κ2) is 7.19. The zero-order valence-electron chi connectivity index (χ0n) is 14.7. The zero-order valence-corrected chi connectivity index (χ0v) is 14.7. The van der Waals surface area contributed by atoms with Crippen LogP contribution in [0.1, 0.15) is 23.6 Å². The summed E-state index contributed by atoms with van der Waals surface area (Å²) in [4.78, 5) is 4.59. The second-order valence-corrected chi connectivity index (χ2v) is 6.01. The van der Waals surface area contributed by atoms with Crippen LogP contribution in [-0.2, 0) is 0 Å². The summed E-state index contributed by atoms with van der Waals surface area (Å²) < 4.78 is 5.67. The van der Waals surface area contributed by atoms with Crippen LogP contribution in [0.25, 0.3) is 22.4 Å². The number of rotatable bonds is 4. The highest BCUT2D eigenvalue weighted by atomic mass is 16.5. The highest BCUT2D eigenvalue weighted by Crippen LogP contribution is 2.33. The van der Waals surface area contributed by atoms with E-state index in [0.717, 1.165) is 22.4 Å². The summed E-state index contributed by atoms with van der Waals surface area (Å²) in [5.41, 5.74) is 6.49. The molecule has 3 nitrogen and oxygen atoms in total. The van der Waals surface area contributed by atoms with Crippen LogP contribution in [0.4, 0.5) is 0 Å². The summed E-state index contributed by atoms with van der Waals surface area (Å²) in [6, 6.07) is 20.6. The van der Waals surface area contributed by atoms with Crippen LogP contribution in [0.2, 0.25) is 0 Å². The van der Waals surface area contributed by atoms with Crippen molar-refractivity contribution in [3.05, 3.63) is 71.3 Å². The Morgan fingerprint density at radius 3 is 2.00 bits per heavy atom. The number of benzene rings is 2. The topological polar surface area (TPSA) is 45.9 Å². The molecular weight excluding hydrogens is 308 g/mol. The van der Waals surface area contributed by atoms with Crippen LogP contribution in [0.3, 0.4) is 0 Å². The molecule has 3 heteroatoms. The van der Waals surface area contributed by atoms with E-state index in [9.17, 15) is 5.26 Å². The van der Waals surface area contributed by atoms with Gasteiger partial charge in [-0.1, -0.05) is 59.7 Å². The van der Waals surface area contributed by atoms with Crippen LogP contribution in [-0.4, -0.2) is 11.6 Å². The standard InChI is InChI=1S/C22H20N2O/c1-4-25-22-20(14-23)19(17-9-5-15(2)6-10-17)13-21(24-22)18-11-7-16(3)8-12-18/h5-13H,4H2,1-3H3.